The number of ether oxygens (including phenoxy) is 3. The van der Waals surface area contributed by atoms with E-state index in [2.05, 4.69) is 20.5 Å². The number of carbonyl (C=O) groups excluding carboxylic acids is 1. The number of nitrogens with one attached hydrogen (secondary N) is 2. The Hall–Kier alpha value is -3.59. The fraction of sp³-hybridized carbons (Fsp3) is 0.360. The molecule has 0 radical (unpaired) electrons. The van der Waals surface area contributed by atoms with Gasteiger partial charge in [0, 0.05) is 56.6 Å². The molecule has 2 heterocycles. The lowest BCUT2D eigenvalue weighted by molar-refractivity contribution is -0.122. The summed E-state index contributed by atoms with van der Waals surface area (Å²) in [6, 6.07) is 10.0. The molecular weight excluding hydrogens is 439 g/mol. The number of aromatic nitrogens is 1. The van der Waals surface area contributed by atoms with Gasteiger partial charge in [0.05, 0.1) is 19.2 Å². The van der Waals surface area contributed by atoms with Gasteiger partial charge in [-0.3, -0.25) is 14.7 Å². The second-order valence-corrected chi connectivity index (χ2v) is 8.09. The number of benzene rings is 2. The summed E-state index contributed by atoms with van der Waals surface area (Å²) in [5.74, 6) is 1.27. The topological polar surface area (TPSA) is 85.0 Å². The normalized spacial score (nSPS) is 14.6. The van der Waals surface area contributed by atoms with E-state index in [1.54, 1.807) is 51.7 Å². The summed E-state index contributed by atoms with van der Waals surface area (Å²) in [6.07, 6.45) is 3.23. The van der Waals surface area contributed by atoms with Crippen molar-refractivity contribution in [1.29, 1.82) is 0 Å². The van der Waals surface area contributed by atoms with Gasteiger partial charge in [-0.2, -0.15) is 0 Å². The van der Waals surface area contributed by atoms with Gasteiger partial charge < -0.3 is 24.8 Å². The van der Waals surface area contributed by atoms with Crippen LogP contribution >= 0.6 is 0 Å². The number of methoxy groups -OCH3 is 1. The summed E-state index contributed by atoms with van der Waals surface area (Å²) in [6.45, 7) is 1.96. The number of hydrogen-bond donors (Lipinski definition) is 2. The van der Waals surface area contributed by atoms with Crippen molar-refractivity contribution in [3.05, 3.63) is 48.4 Å². The second kappa shape index (κ2) is 10.6. The number of anilines is 1. The predicted octanol–water partition coefficient (Wildman–Crippen LogP) is 3.81. The SMILES string of the molecule is CNC(=O)CN1CCC(Oc2cc3nccc(Oc4ccc(NC)cc4F)c3cc2OC)CC1. The monoisotopic (exact) mass is 468 g/mol. The third-order valence-electron chi connectivity index (χ3n) is 5.90. The molecule has 180 valence electrons. The molecule has 1 aromatic heterocycles. The maximum absolute atomic E-state index is 14.5. The Morgan fingerprint density at radius 1 is 1.09 bits per heavy atom. The summed E-state index contributed by atoms with van der Waals surface area (Å²) < 4.78 is 32.2. The summed E-state index contributed by atoms with van der Waals surface area (Å²) in [7, 11) is 4.95. The smallest absolute Gasteiger partial charge is 0.233 e. The zero-order valence-corrected chi connectivity index (χ0v) is 19.6. The van der Waals surface area contributed by atoms with Crippen molar-refractivity contribution in [2.24, 2.45) is 0 Å². The highest BCUT2D eigenvalue weighted by atomic mass is 19.1. The first-order valence-corrected chi connectivity index (χ1v) is 11.2. The zero-order valence-electron chi connectivity index (χ0n) is 19.6. The minimum Gasteiger partial charge on any atom is -0.493 e. The molecule has 34 heavy (non-hydrogen) atoms. The van der Waals surface area contributed by atoms with E-state index in [-0.39, 0.29) is 17.8 Å². The Bertz CT molecular complexity index is 1170. The quantitative estimate of drug-likeness (QED) is 0.520. The van der Waals surface area contributed by atoms with Gasteiger partial charge in [0.15, 0.2) is 23.1 Å². The van der Waals surface area contributed by atoms with Crippen molar-refractivity contribution in [1.82, 2.24) is 15.2 Å². The van der Waals surface area contributed by atoms with Crippen molar-refractivity contribution >= 4 is 22.5 Å². The average molecular weight is 469 g/mol. The molecule has 1 fully saturated rings. The van der Waals surface area contributed by atoms with E-state index in [9.17, 15) is 9.18 Å². The molecule has 1 aliphatic heterocycles. The molecule has 4 rings (SSSR count). The van der Waals surface area contributed by atoms with E-state index in [1.807, 2.05) is 6.07 Å². The predicted molar refractivity (Wildman–Crippen MR) is 128 cm³/mol. The molecule has 0 aliphatic carbocycles. The third-order valence-corrected chi connectivity index (χ3v) is 5.90. The van der Waals surface area contributed by atoms with Crippen LogP contribution in [0.1, 0.15) is 12.8 Å². The van der Waals surface area contributed by atoms with Crippen molar-refractivity contribution in [2.45, 2.75) is 18.9 Å². The van der Waals surface area contributed by atoms with E-state index < -0.39 is 5.82 Å². The Kier molecular flexibility index (Phi) is 7.32. The first-order chi connectivity index (χ1) is 16.5. The molecule has 1 aliphatic rings. The number of pyridine rings is 1. The van der Waals surface area contributed by atoms with Crippen LogP contribution in [-0.4, -0.2) is 62.7 Å². The van der Waals surface area contributed by atoms with E-state index in [4.69, 9.17) is 14.2 Å². The molecule has 2 aromatic carbocycles. The third kappa shape index (κ3) is 5.31. The van der Waals surface area contributed by atoms with Crippen molar-refractivity contribution < 1.29 is 23.4 Å². The molecule has 3 aromatic rings. The second-order valence-electron chi connectivity index (χ2n) is 8.09. The van der Waals surface area contributed by atoms with Crippen LogP contribution in [0, 0.1) is 5.82 Å². The van der Waals surface area contributed by atoms with Gasteiger partial charge >= 0.3 is 0 Å². The number of hydrogen-bond acceptors (Lipinski definition) is 7. The standard InChI is InChI=1S/C25H29FN4O4/c1-27-16-4-5-22(19(26)12-16)34-21-6-9-29-20-14-24(23(32-3)13-18(20)21)33-17-7-10-30(11-8-17)15-25(31)28-2/h4-6,9,12-14,17,27H,7-8,10-11,15H2,1-3H3,(H,28,31). The Morgan fingerprint density at radius 2 is 1.88 bits per heavy atom. The van der Waals surface area contributed by atoms with Gasteiger partial charge in [-0.1, -0.05) is 0 Å². The van der Waals surface area contributed by atoms with Gasteiger partial charge in [0.2, 0.25) is 5.91 Å². The highest BCUT2D eigenvalue weighted by molar-refractivity contribution is 5.88. The molecule has 0 atom stereocenters. The zero-order chi connectivity index (χ0) is 24.1. The minimum absolute atomic E-state index is 0.00602. The van der Waals surface area contributed by atoms with E-state index in [0.717, 1.165) is 25.9 Å². The largest absolute Gasteiger partial charge is 0.493 e. The lowest BCUT2D eigenvalue weighted by Gasteiger charge is -2.31. The van der Waals surface area contributed by atoms with Crippen molar-refractivity contribution in [3.63, 3.8) is 0 Å². The molecule has 0 unspecified atom stereocenters. The van der Waals surface area contributed by atoms with E-state index >= 15 is 0 Å². The maximum Gasteiger partial charge on any atom is 0.233 e. The lowest BCUT2D eigenvalue weighted by atomic mass is 10.1. The first-order valence-electron chi connectivity index (χ1n) is 11.2. The number of fused-ring (bicyclic) bond motifs is 1. The van der Waals surface area contributed by atoms with Gasteiger partial charge in [0.1, 0.15) is 11.9 Å². The van der Waals surface area contributed by atoms with Crippen LogP contribution in [0.5, 0.6) is 23.0 Å². The van der Waals surface area contributed by atoms with Gasteiger partial charge in [-0.05, 0) is 37.1 Å². The Balaban J connectivity index is 1.52. The highest BCUT2D eigenvalue weighted by Crippen LogP contribution is 2.38. The summed E-state index contributed by atoms with van der Waals surface area (Å²) in [5.41, 5.74) is 1.31. The van der Waals surface area contributed by atoms with Crippen LogP contribution in [0.2, 0.25) is 0 Å². The number of halogens is 1. The van der Waals surface area contributed by atoms with Gasteiger partial charge in [-0.25, -0.2) is 4.39 Å². The first kappa shape index (κ1) is 23.6. The number of rotatable bonds is 8. The van der Waals surface area contributed by atoms with Crippen LogP contribution < -0.4 is 24.8 Å². The fourth-order valence-electron chi connectivity index (χ4n) is 3.97. The van der Waals surface area contributed by atoms with Crippen LogP contribution in [0.25, 0.3) is 10.9 Å². The van der Waals surface area contributed by atoms with Gasteiger partial charge in [0.25, 0.3) is 0 Å². The highest BCUT2D eigenvalue weighted by Gasteiger charge is 2.23. The molecular formula is C25H29FN4O4. The fourth-order valence-corrected chi connectivity index (χ4v) is 3.97. The Labute approximate surface area is 198 Å². The molecule has 0 saturated carbocycles. The molecule has 1 amide bonds. The average Bonchev–Trinajstić information content (AvgIpc) is 2.86. The van der Waals surface area contributed by atoms with E-state index in [1.165, 1.54) is 6.07 Å². The van der Waals surface area contributed by atoms with Gasteiger partial charge in [-0.15, -0.1) is 0 Å². The molecule has 0 spiro atoms. The number of likely N-dealkylation sites (N-methyl/N-ethyl adjacent to an activating group) is 1. The summed E-state index contributed by atoms with van der Waals surface area (Å²) >= 11 is 0. The summed E-state index contributed by atoms with van der Waals surface area (Å²) in [4.78, 5) is 18.2. The number of amides is 1. The molecule has 9 heteroatoms. The molecule has 0 bridgehead atoms. The number of piperidine rings is 1. The molecule has 2 N–H and O–H groups in total. The number of nitrogens with zero attached hydrogens (tertiary/aromatic N) is 2. The van der Waals surface area contributed by atoms with Crippen LogP contribution in [0.4, 0.5) is 10.1 Å². The van der Waals surface area contributed by atoms with Crippen molar-refractivity contribution in [3.8, 4) is 23.0 Å². The lowest BCUT2D eigenvalue weighted by Crippen LogP contribution is -2.43. The number of carbonyl (C=O) groups is 1. The van der Waals surface area contributed by atoms with Crippen LogP contribution in [-0.2, 0) is 4.79 Å². The Morgan fingerprint density at radius 3 is 2.56 bits per heavy atom. The molecule has 1 saturated heterocycles. The molecule has 8 nitrogen and oxygen atoms in total. The maximum atomic E-state index is 14.5. The van der Waals surface area contributed by atoms with E-state index in [0.29, 0.717) is 40.4 Å². The minimum atomic E-state index is -0.466. The van der Waals surface area contributed by atoms with Crippen LogP contribution in [0.3, 0.4) is 0 Å². The number of likely N-dealkylation sites (tertiary alicyclic amines) is 1. The summed E-state index contributed by atoms with van der Waals surface area (Å²) in [5, 5.41) is 6.24. The van der Waals surface area contributed by atoms with Crippen molar-refractivity contribution in [2.75, 3.05) is 46.2 Å². The van der Waals surface area contributed by atoms with Crippen LogP contribution in [0.15, 0.2) is 42.6 Å².